The number of aliphatic hydroxyl groups is 1. The first-order valence-corrected chi connectivity index (χ1v) is 23.9. The van der Waals surface area contributed by atoms with Gasteiger partial charge in [-0.05, 0) is 110 Å². The molecule has 1 N–H and O–H groups in total. The van der Waals surface area contributed by atoms with Crippen molar-refractivity contribution in [1.82, 2.24) is 15.0 Å². The number of aromatic nitrogens is 1. The van der Waals surface area contributed by atoms with E-state index in [9.17, 15) is 5.11 Å². The minimum absolute atomic E-state index is 0.00725. The normalized spacial score (nSPS) is 23.2. The van der Waals surface area contributed by atoms with Crippen molar-refractivity contribution >= 4 is 25.6 Å². The molecule has 0 spiro atoms. The van der Waals surface area contributed by atoms with Gasteiger partial charge in [0, 0.05) is 18.0 Å². The van der Waals surface area contributed by atoms with Gasteiger partial charge >= 0.3 is 6.18 Å². The highest BCUT2D eigenvalue weighted by Crippen LogP contribution is 2.60. The number of carbonyl (C=O) groups excluding carboxylic acids is 2. The Balaban J connectivity index is 1.33. The highest BCUT2D eigenvalue weighted by atomic mass is 28.4. The second-order valence-electron chi connectivity index (χ2n) is 18.7. The van der Waals surface area contributed by atoms with Crippen LogP contribution in [0.15, 0.2) is 76.8 Å². The van der Waals surface area contributed by atoms with E-state index in [0.29, 0.717) is 13.1 Å². The Kier molecular flexibility index (Phi) is 11.2. The Morgan fingerprint density at radius 1 is 0.918 bits per heavy atom. The quantitative estimate of drug-likeness (QED) is 0.116. The molecule has 8 rings (SSSR count). The molecule has 61 heavy (non-hydrogen) atoms. The number of Topliss-reactive ketones (excluding diaryl/α,β-unsaturated/α-hetero) is 2. The Bertz CT molecular complexity index is 2350. The summed E-state index contributed by atoms with van der Waals surface area (Å²) >= 11 is 0. The smallest absolute Gasteiger partial charge is 0.417 e. The van der Waals surface area contributed by atoms with E-state index in [4.69, 9.17) is 18.4 Å². The van der Waals surface area contributed by atoms with E-state index in [2.05, 4.69) is 5.16 Å². The van der Waals surface area contributed by atoms with Gasteiger partial charge in [-0.3, -0.25) is 19.4 Å². The number of ether oxygens (including phenoxy) is 2. The first-order valence-electron chi connectivity index (χ1n) is 21.0. The van der Waals surface area contributed by atoms with Crippen LogP contribution in [-0.4, -0.2) is 72.7 Å². The largest absolute Gasteiger partial charge is 0.507 e. The number of halogens is 3. The first-order chi connectivity index (χ1) is 28.8. The Hall–Kier alpha value is -4.76. The lowest BCUT2D eigenvalue weighted by Gasteiger charge is -2.55. The number of likely N-dealkylation sites (tertiary alicyclic amines) is 1. The lowest BCUT2D eigenvalue weighted by Crippen LogP contribution is -2.68. The summed E-state index contributed by atoms with van der Waals surface area (Å²) in [5.74, 6) is -3.80. The number of benzene rings is 3. The maximum absolute atomic E-state index is 15.9. The number of rotatable bonds is 11. The monoisotopic (exact) mass is 857 g/mol. The van der Waals surface area contributed by atoms with Gasteiger partial charge in [-0.25, -0.2) is 0 Å². The van der Waals surface area contributed by atoms with E-state index in [1.807, 2.05) is 104 Å². The van der Waals surface area contributed by atoms with E-state index in [1.54, 1.807) is 14.1 Å². The van der Waals surface area contributed by atoms with Gasteiger partial charge in [0.05, 0.1) is 17.2 Å². The third-order valence-corrected chi connectivity index (χ3v) is 17.9. The average Bonchev–Trinajstić information content (AvgIpc) is 3.87. The topological polar surface area (TPSA) is 115 Å². The summed E-state index contributed by atoms with van der Waals surface area (Å²) in [5, 5.41) is 16.3. The number of carbonyl (C=O) groups is 2. The third-order valence-electron chi connectivity index (χ3n) is 13.5. The van der Waals surface area contributed by atoms with Crippen molar-refractivity contribution in [2.75, 3.05) is 27.2 Å². The SMILES string of the molecule is CN(C)[C@@H]1c2onc(OCc3ccccc3)c2C(=O)C2(O[Si](C)(C)C(C)(C)C)C(=O)C3=C(O)c4c(OCc5ccccc5)cc(CN5CCCC5)c(C(F)(F)F)c4C[C@H]3C[C@@H]12. The van der Waals surface area contributed by atoms with E-state index in [1.165, 1.54) is 6.07 Å². The van der Waals surface area contributed by atoms with Crippen molar-refractivity contribution in [3.8, 4) is 11.6 Å². The molecule has 0 bridgehead atoms. The molecule has 3 aliphatic carbocycles. The van der Waals surface area contributed by atoms with Gasteiger partial charge in [0.15, 0.2) is 19.7 Å². The molecule has 1 saturated carbocycles. The van der Waals surface area contributed by atoms with Crippen molar-refractivity contribution in [2.45, 2.75) is 102 Å². The van der Waals surface area contributed by atoms with Crippen LogP contribution < -0.4 is 9.47 Å². The standard InChI is InChI=1S/C47H54F3N3O7Si/c1-45(2,3)61(6,7)60-46-33(39(52(4)5)41-37(43(46)56)44(51-59-41)58-27-29-18-12-9-13-19-29)23-30-22-32-36(40(54)35(30)42(46)55)34(57-26-28-16-10-8-11-17-28)24-31(38(32)47(48,49)50)25-53-20-14-15-21-53/h8-13,16-19,24,30,33,39,54H,14-15,20-23,25-27H2,1-7H3/t30-,33-,39-,46?/m0/s1. The fraction of sp³-hybridized carbons (Fsp3) is 0.468. The average molecular weight is 858 g/mol. The third kappa shape index (κ3) is 7.52. The van der Waals surface area contributed by atoms with Crippen LogP contribution in [-0.2, 0) is 41.6 Å². The zero-order valence-corrected chi connectivity index (χ0v) is 36.8. The maximum Gasteiger partial charge on any atom is 0.417 e. The van der Waals surface area contributed by atoms with Gasteiger partial charge in [-0.2, -0.15) is 13.2 Å². The van der Waals surface area contributed by atoms with Crippen LogP contribution in [0.1, 0.15) is 95.6 Å². The maximum atomic E-state index is 15.9. The fourth-order valence-electron chi connectivity index (χ4n) is 9.59. The molecule has 4 aliphatic rings. The van der Waals surface area contributed by atoms with Gasteiger partial charge in [-0.1, -0.05) is 81.4 Å². The van der Waals surface area contributed by atoms with Crippen molar-refractivity contribution in [2.24, 2.45) is 11.8 Å². The summed E-state index contributed by atoms with van der Waals surface area (Å²) in [7, 11) is 0.532. The molecule has 324 valence electrons. The van der Waals surface area contributed by atoms with Gasteiger partial charge in [-0.15, -0.1) is 0 Å². The number of ketones is 2. The predicted molar refractivity (Wildman–Crippen MR) is 226 cm³/mol. The van der Waals surface area contributed by atoms with E-state index < -0.39 is 65.9 Å². The Labute approximate surface area is 355 Å². The van der Waals surface area contributed by atoms with E-state index in [-0.39, 0.29) is 77.8 Å². The highest BCUT2D eigenvalue weighted by molar-refractivity contribution is 6.74. The van der Waals surface area contributed by atoms with Crippen molar-refractivity contribution < 1.29 is 46.3 Å². The summed E-state index contributed by atoms with van der Waals surface area (Å²) in [6, 6.07) is 19.2. The van der Waals surface area contributed by atoms with Crippen molar-refractivity contribution in [3.05, 3.63) is 117 Å². The van der Waals surface area contributed by atoms with Crippen LogP contribution in [0.3, 0.4) is 0 Å². The molecule has 4 atom stereocenters. The summed E-state index contributed by atoms with van der Waals surface area (Å²) in [5.41, 5.74) is -1.84. The van der Waals surface area contributed by atoms with Gasteiger partial charge in [0.2, 0.25) is 11.6 Å². The molecule has 0 radical (unpaired) electrons. The summed E-state index contributed by atoms with van der Waals surface area (Å²) in [6.07, 6.45) is -3.20. The highest BCUT2D eigenvalue weighted by Gasteiger charge is 2.69. The minimum Gasteiger partial charge on any atom is -0.507 e. The van der Waals surface area contributed by atoms with Crippen molar-refractivity contribution in [3.63, 3.8) is 0 Å². The van der Waals surface area contributed by atoms with Gasteiger partial charge in [0.25, 0.3) is 5.88 Å². The Morgan fingerprint density at radius 3 is 2.10 bits per heavy atom. The molecule has 3 aromatic carbocycles. The molecule has 1 aliphatic heterocycles. The lowest BCUT2D eigenvalue weighted by atomic mass is 9.57. The number of fused-ring (bicyclic) bond motifs is 4. The zero-order valence-electron chi connectivity index (χ0n) is 35.8. The number of nitrogens with zero attached hydrogens (tertiary/aromatic N) is 3. The number of alkyl halides is 3. The number of aliphatic hydroxyl groups excluding tert-OH is 1. The van der Waals surface area contributed by atoms with Gasteiger partial charge in [0.1, 0.15) is 30.3 Å². The second-order valence-corrected chi connectivity index (χ2v) is 23.4. The summed E-state index contributed by atoms with van der Waals surface area (Å²) < 4.78 is 72.4. The van der Waals surface area contributed by atoms with Crippen LogP contribution >= 0.6 is 0 Å². The molecule has 2 fully saturated rings. The molecule has 14 heteroatoms. The number of hydrogen-bond donors (Lipinski definition) is 1. The Morgan fingerprint density at radius 2 is 1.52 bits per heavy atom. The van der Waals surface area contributed by atoms with Crippen LogP contribution in [0, 0.1) is 11.8 Å². The van der Waals surface area contributed by atoms with E-state index >= 15 is 22.8 Å². The fourth-order valence-corrected chi connectivity index (χ4v) is 11.0. The molecular formula is C47H54F3N3O7Si. The second kappa shape index (κ2) is 15.9. The molecule has 2 heterocycles. The number of hydrogen-bond acceptors (Lipinski definition) is 10. The zero-order chi connectivity index (χ0) is 43.6. The van der Waals surface area contributed by atoms with Crippen LogP contribution in [0.25, 0.3) is 5.76 Å². The molecular weight excluding hydrogens is 804 g/mol. The predicted octanol–water partition coefficient (Wildman–Crippen LogP) is 9.74. The molecule has 10 nitrogen and oxygen atoms in total. The summed E-state index contributed by atoms with van der Waals surface area (Å²) in [4.78, 5) is 35.3. The van der Waals surface area contributed by atoms with Crippen LogP contribution in [0.5, 0.6) is 11.6 Å². The van der Waals surface area contributed by atoms with E-state index in [0.717, 1.165) is 24.0 Å². The lowest BCUT2D eigenvalue weighted by molar-refractivity contribution is -0.140. The molecule has 1 unspecified atom stereocenters. The molecule has 1 saturated heterocycles. The molecule has 4 aromatic rings. The minimum atomic E-state index is -4.79. The van der Waals surface area contributed by atoms with Crippen LogP contribution in [0.2, 0.25) is 18.1 Å². The van der Waals surface area contributed by atoms with Gasteiger partial charge < -0.3 is 23.5 Å². The molecule has 1 aromatic heterocycles. The first kappa shape index (κ1) is 42.9. The summed E-state index contributed by atoms with van der Waals surface area (Å²) in [6.45, 7) is 11.4. The molecule has 0 amide bonds. The van der Waals surface area contributed by atoms with Crippen molar-refractivity contribution in [1.29, 1.82) is 0 Å². The van der Waals surface area contributed by atoms with Crippen LogP contribution in [0.4, 0.5) is 13.2 Å².